The van der Waals surface area contributed by atoms with E-state index in [1.54, 1.807) is 12.1 Å². The molecule has 3 nitrogen and oxygen atoms in total. The van der Waals surface area contributed by atoms with E-state index in [2.05, 4.69) is 5.32 Å². The van der Waals surface area contributed by atoms with Gasteiger partial charge in [-0.05, 0) is 37.5 Å². The van der Waals surface area contributed by atoms with E-state index in [0.29, 0.717) is 12.2 Å². The average molecular weight is 237 g/mol. The predicted molar refractivity (Wildman–Crippen MR) is 64.4 cm³/mol. The number of hydrogen-bond donors (Lipinski definition) is 2. The highest BCUT2D eigenvalue weighted by molar-refractivity contribution is 5.91. The summed E-state index contributed by atoms with van der Waals surface area (Å²) in [4.78, 5) is 13.1. The van der Waals surface area contributed by atoms with E-state index < -0.39 is 0 Å². The number of anilines is 1. The lowest BCUT2D eigenvalue weighted by Crippen LogP contribution is -3.13. The molecule has 0 unspecified atom stereocenters. The zero-order valence-electron chi connectivity index (χ0n) is 9.84. The zero-order valence-corrected chi connectivity index (χ0v) is 9.84. The molecule has 1 aromatic carbocycles. The first-order valence-corrected chi connectivity index (χ1v) is 6.13. The Morgan fingerprint density at radius 2 is 2.06 bits per heavy atom. The molecule has 1 amide bonds. The van der Waals surface area contributed by atoms with Gasteiger partial charge in [-0.3, -0.25) is 4.79 Å². The topological polar surface area (TPSA) is 33.5 Å². The first-order valence-electron chi connectivity index (χ1n) is 6.13. The Hall–Kier alpha value is -1.42. The second-order valence-corrected chi connectivity index (χ2v) is 4.55. The molecule has 1 heterocycles. The van der Waals surface area contributed by atoms with Crippen LogP contribution in [0.1, 0.15) is 19.3 Å². The Morgan fingerprint density at radius 1 is 1.29 bits per heavy atom. The standard InChI is InChI=1S/C13H17FN2O/c14-11-5-4-6-12(9-11)15-13(17)10-16-7-2-1-3-8-16/h4-6,9H,1-3,7-8,10H2,(H,15,17)/p+1. The Bertz CT molecular complexity index is 389. The van der Waals surface area contributed by atoms with Gasteiger partial charge in [0.1, 0.15) is 5.82 Å². The molecular formula is C13H18FN2O+. The van der Waals surface area contributed by atoms with Crippen molar-refractivity contribution >= 4 is 11.6 Å². The predicted octanol–water partition coefficient (Wildman–Crippen LogP) is 0.833. The fourth-order valence-corrected chi connectivity index (χ4v) is 2.23. The Labute approximate surface area is 101 Å². The van der Waals surface area contributed by atoms with Gasteiger partial charge in [0, 0.05) is 5.69 Å². The van der Waals surface area contributed by atoms with Crippen LogP contribution in [0.2, 0.25) is 0 Å². The third-order valence-electron chi connectivity index (χ3n) is 3.08. The van der Waals surface area contributed by atoms with Crippen molar-refractivity contribution < 1.29 is 14.1 Å². The molecule has 0 bridgehead atoms. The van der Waals surface area contributed by atoms with E-state index in [4.69, 9.17) is 0 Å². The van der Waals surface area contributed by atoms with Crippen molar-refractivity contribution in [1.29, 1.82) is 0 Å². The van der Waals surface area contributed by atoms with Crippen LogP contribution in [0.5, 0.6) is 0 Å². The van der Waals surface area contributed by atoms with Crippen LogP contribution in [0.3, 0.4) is 0 Å². The Balaban J connectivity index is 1.84. The Kier molecular flexibility index (Phi) is 4.09. The number of carbonyl (C=O) groups is 1. The molecule has 2 N–H and O–H groups in total. The molecule has 1 aliphatic rings. The van der Waals surface area contributed by atoms with Crippen molar-refractivity contribution in [3.8, 4) is 0 Å². The van der Waals surface area contributed by atoms with E-state index in [1.807, 2.05) is 0 Å². The van der Waals surface area contributed by atoms with E-state index in [1.165, 1.54) is 36.3 Å². The van der Waals surface area contributed by atoms with Gasteiger partial charge in [0.25, 0.3) is 5.91 Å². The molecule has 1 aliphatic heterocycles. The maximum absolute atomic E-state index is 12.9. The highest BCUT2D eigenvalue weighted by Crippen LogP contribution is 2.08. The van der Waals surface area contributed by atoms with Crippen molar-refractivity contribution in [2.75, 3.05) is 25.0 Å². The van der Waals surface area contributed by atoms with Gasteiger partial charge in [-0.2, -0.15) is 0 Å². The molecule has 0 radical (unpaired) electrons. The zero-order chi connectivity index (χ0) is 12.1. The lowest BCUT2D eigenvalue weighted by atomic mass is 10.1. The number of piperidine rings is 1. The quantitative estimate of drug-likeness (QED) is 0.802. The monoisotopic (exact) mass is 237 g/mol. The minimum atomic E-state index is -0.326. The summed E-state index contributed by atoms with van der Waals surface area (Å²) in [5.74, 6) is -0.361. The van der Waals surface area contributed by atoms with Gasteiger partial charge < -0.3 is 10.2 Å². The molecule has 1 fully saturated rings. The molecule has 0 aliphatic carbocycles. The van der Waals surface area contributed by atoms with Crippen LogP contribution in [0.4, 0.5) is 10.1 Å². The van der Waals surface area contributed by atoms with Gasteiger partial charge in [0.2, 0.25) is 0 Å². The number of nitrogens with one attached hydrogen (secondary N) is 2. The fourth-order valence-electron chi connectivity index (χ4n) is 2.23. The van der Waals surface area contributed by atoms with Crippen LogP contribution in [-0.2, 0) is 4.79 Å². The summed E-state index contributed by atoms with van der Waals surface area (Å²) in [7, 11) is 0. The largest absolute Gasteiger partial charge is 0.327 e. The molecule has 4 heteroatoms. The normalized spacial score (nSPS) is 16.8. The number of likely N-dealkylation sites (tertiary alicyclic amines) is 1. The molecule has 0 saturated carbocycles. The third kappa shape index (κ3) is 3.82. The third-order valence-corrected chi connectivity index (χ3v) is 3.08. The molecule has 0 atom stereocenters. The number of quaternary nitrogens is 1. The number of amides is 1. The van der Waals surface area contributed by atoms with Crippen molar-refractivity contribution in [3.05, 3.63) is 30.1 Å². The Morgan fingerprint density at radius 3 is 2.76 bits per heavy atom. The average Bonchev–Trinajstić information content (AvgIpc) is 2.30. The molecule has 1 saturated heterocycles. The van der Waals surface area contributed by atoms with E-state index in [0.717, 1.165) is 13.1 Å². The maximum atomic E-state index is 12.9. The van der Waals surface area contributed by atoms with E-state index in [9.17, 15) is 9.18 Å². The van der Waals surface area contributed by atoms with Crippen LogP contribution in [0.25, 0.3) is 0 Å². The number of halogens is 1. The first-order chi connectivity index (χ1) is 8.24. The SMILES string of the molecule is O=C(C[NH+]1CCCCC1)Nc1cccc(F)c1. The molecule has 0 spiro atoms. The van der Waals surface area contributed by atoms with Crippen molar-refractivity contribution in [3.63, 3.8) is 0 Å². The minimum absolute atomic E-state index is 0.0347. The first kappa shape index (κ1) is 12.0. The number of benzene rings is 1. The summed E-state index contributed by atoms with van der Waals surface area (Å²) in [6.45, 7) is 2.61. The van der Waals surface area contributed by atoms with Crippen molar-refractivity contribution in [2.24, 2.45) is 0 Å². The van der Waals surface area contributed by atoms with Crippen LogP contribution in [-0.4, -0.2) is 25.5 Å². The van der Waals surface area contributed by atoms with Gasteiger partial charge in [-0.15, -0.1) is 0 Å². The van der Waals surface area contributed by atoms with Gasteiger partial charge in [-0.25, -0.2) is 4.39 Å². The molecule has 1 aromatic rings. The molecule has 92 valence electrons. The highest BCUT2D eigenvalue weighted by atomic mass is 19.1. The molecule has 17 heavy (non-hydrogen) atoms. The van der Waals surface area contributed by atoms with Crippen LogP contribution in [0.15, 0.2) is 24.3 Å². The second kappa shape index (κ2) is 5.77. The summed E-state index contributed by atoms with van der Waals surface area (Å²) in [5.41, 5.74) is 0.534. The van der Waals surface area contributed by atoms with Crippen molar-refractivity contribution in [1.82, 2.24) is 0 Å². The van der Waals surface area contributed by atoms with Gasteiger partial charge in [0.05, 0.1) is 13.1 Å². The number of carbonyl (C=O) groups excluding carboxylic acids is 1. The molecule has 0 aromatic heterocycles. The summed E-state index contributed by atoms with van der Waals surface area (Å²) in [5, 5.41) is 2.73. The number of rotatable bonds is 3. The summed E-state index contributed by atoms with van der Waals surface area (Å²) >= 11 is 0. The number of hydrogen-bond acceptors (Lipinski definition) is 1. The smallest absolute Gasteiger partial charge is 0.279 e. The minimum Gasteiger partial charge on any atom is -0.327 e. The van der Waals surface area contributed by atoms with Gasteiger partial charge in [0.15, 0.2) is 6.54 Å². The van der Waals surface area contributed by atoms with Crippen LogP contribution < -0.4 is 10.2 Å². The van der Waals surface area contributed by atoms with Crippen LogP contribution in [0, 0.1) is 5.82 Å². The summed E-state index contributed by atoms with van der Waals surface area (Å²) in [6.07, 6.45) is 3.67. The van der Waals surface area contributed by atoms with Gasteiger partial charge in [-0.1, -0.05) is 6.07 Å². The van der Waals surface area contributed by atoms with Gasteiger partial charge >= 0.3 is 0 Å². The molecule has 2 rings (SSSR count). The van der Waals surface area contributed by atoms with Crippen LogP contribution >= 0.6 is 0 Å². The van der Waals surface area contributed by atoms with E-state index in [-0.39, 0.29) is 11.7 Å². The summed E-state index contributed by atoms with van der Waals surface area (Å²) in [6, 6.07) is 6.00. The summed E-state index contributed by atoms with van der Waals surface area (Å²) < 4.78 is 12.9. The second-order valence-electron chi connectivity index (χ2n) is 4.55. The highest BCUT2D eigenvalue weighted by Gasteiger charge is 2.17. The van der Waals surface area contributed by atoms with Crippen molar-refractivity contribution in [2.45, 2.75) is 19.3 Å². The fraction of sp³-hybridized carbons (Fsp3) is 0.462. The lowest BCUT2D eigenvalue weighted by molar-refractivity contribution is -0.896. The molecular weight excluding hydrogens is 219 g/mol. The lowest BCUT2D eigenvalue weighted by Gasteiger charge is -2.22. The maximum Gasteiger partial charge on any atom is 0.279 e. The van der Waals surface area contributed by atoms with E-state index >= 15 is 0 Å².